The van der Waals surface area contributed by atoms with E-state index in [0.717, 1.165) is 25.7 Å². The molecule has 0 aromatic rings. The quantitative estimate of drug-likeness (QED) is 0.681. The molecule has 2 nitrogen and oxygen atoms in total. The molecule has 0 amide bonds. The summed E-state index contributed by atoms with van der Waals surface area (Å²) in [5, 5.41) is 9.24. The van der Waals surface area contributed by atoms with E-state index in [0.29, 0.717) is 0 Å². The molecule has 74 valence electrons. The second kappa shape index (κ2) is 3.95. The van der Waals surface area contributed by atoms with Gasteiger partial charge in [-0.2, -0.15) is 0 Å². The highest BCUT2D eigenvalue weighted by Gasteiger charge is 2.42. The first-order valence-electron chi connectivity index (χ1n) is 4.99. The Hall–Kier alpha value is -0.790. The first-order valence-corrected chi connectivity index (χ1v) is 4.99. The molecule has 0 bridgehead atoms. The fraction of sp³-hybridized carbons (Fsp3) is 0.727. The highest BCUT2D eigenvalue weighted by atomic mass is 16.4. The number of hydrogen-bond acceptors (Lipinski definition) is 1. The summed E-state index contributed by atoms with van der Waals surface area (Å²) >= 11 is 0. The van der Waals surface area contributed by atoms with Crippen LogP contribution in [0.3, 0.4) is 0 Å². The Bertz CT molecular complexity index is 202. The van der Waals surface area contributed by atoms with Crippen LogP contribution in [0.4, 0.5) is 0 Å². The number of aliphatic carboxylic acids is 1. The number of carboxylic acids is 1. The minimum atomic E-state index is -0.639. The van der Waals surface area contributed by atoms with Gasteiger partial charge in [0.2, 0.25) is 0 Å². The van der Waals surface area contributed by atoms with Crippen molar-refractivity contribution < 1.29 is 9.90 Å². The van der Waals surface area contributed by atoms with Gasteiger partial charge < -0.3 is 5.11 Å². The normalized spacial score (nSPS) is 23.5. The topological polar surface area (TPSA) is 37.3 Å². The third-order valence-corrected chi connectivity index (χ3v) is 3.40. The van der Waals surface area contributed by atoms with E-state index in [-0.39, 0.29) is 5.92 Å². The van der Waals surface area contributed by atoms with Gasteiger partial charge in [0.25, 0.3) is 0 Å². The molecule has 0 aliphatic heterocycles. The molecule has 1 N–H and O–H groups in total. The Morgan fingerprint density at radius 3 is 2.38 bits per heavy atom. The Balaban J connectivity index is 2.84. The predicted octanol–water partition coefficient (Wildman–Crippen LogP) is 2.84. The highest BCUT2D eigenvalue weighted by Crippen LogP contribution is 2.43. The molecule has 2 heteroatoms. The molecule has 1 aliphatic carbocycles. The van der Waals surface area contributed by atoms with Crippen LogP contribution in [0, 0.1) is 11.3 Å². The van der Waals surface area contributed by atoms with Gasteiger partial charge in [0.15, 0.2) is 0 Å². The van der Waals surface area contributed by atoms with Gasteiger partial charge in [0, 0.05) is 0 Å². The van der Waals surface area contributed by atoms with Crippen molar-refractivity contribution in [2.75, 3.05) is 0 Å². The average Bonchev–Trinajstić information content (AvgIpc) is 2.17. The van der Waals surface area contributed by atoms with E-state index in [2.05, 4.69) is 6.58 Å². The summed E-state index contributed by atoms with van der Waals surface area (Å²) in [4.78, 5) is 11.2. The molecule has 1 atom stereocenters. The van der Waals surface area contributed by atoms with Crippen molar-refractivity contribution >= 4 is 5.97 Å². The number of rotatable bonds is 3. The summed E-state index contributed by atoms with van der Waals surface area (Å²) in [6, 6.07) is 0. The van der Waals surface area contributed by atoms with Gasteiger partial charge >= 0.3 is 5.97 Å². The summed E-state index contributed by atoms with van der Waals surface area (Å²) in [7, 11) is 0. The number of allylic oxidation sites excluding steroid dienone is 1. The summed E-state index contributed by atoms with van der Waals surface area (Å²) in [6.07, 6.45) is 6.68. The van der Waals surface area contributed by atoms with E-state index in [1.165, 1.54) is 6.42 Å². The van der Waals surface area contributed by atoms with Crippen LogP contribution in [0.5, 0.6) is 0 Å². The summed E-state index contributed by atoms with van der Waals surface area (Å²) in [5.41, 5.74) is -0.514. The highest BCUT2D eigenvalue weighted by molar-refractivity contribution is 5.75. The maximum atomic E-state index is 11.2. The van der Waals surface area contributed by atoms with E-state index < -0.39 is 11.4 Å². The van der Waals surface area contributed by atoms with Gasteiger partial charge in [-0.1, -0.05) is 32.3 Å². The average molecular weight is 182 g/mol. The number of carbonyl (C=O) groups is 1. The van der Waals surface area contributed by atoms with E-state index in [4.69, 9.17) is 0 Å². The van der Waals surface area contributed by atoms with Crippen LogP contribution in [0.15, 0.2) is 12.7 Å². The first-order chi connectivity index (χ1) is 6.13. The second-order valence-electron chi connectivity index (χ2n) is 4.05. The zero-order valence-electron chi connectivity index (χ0n) is 8.25. The lowest BCUT2D eigenvalue weighted by atomic mass is 9.66. The van der Waals surface area contributed by atoms with Crippen molar-refractivity contribution in [2.24, 2.45) is 11.3 Å². The largest absolute Gasteiger partial charge is 0.481 e. The Kier molecular flexibility index (Phi) is 3.12. The Labute approximate surface area is 79.6 Å². The standard InChI is InChI=1S/C11H18O2/c1-3-9(2)11(10(12)13)7-5-4-6-8-11/h3,9H,1,4-8H2,2H3,(H,12,13). The Morgan fingerprint density at radius 2 is 2.00 bits per heavy atom. The van der Waals surface area contributed by atoms with Crippen molar-refractivity contribution in [3.8, 4) is 0 Å². The first kappa shape index (κ1) is 10.3. The predicted molar refractivity (Wildman–Crippen MR) is 52.5 cm³/mol. The molecular formula is C11H18O2. The van der Waals surface area contributed by atoms with E-state index in [9.17, 15) is 9.90 Å². The fourth-order valence-corrected chi connectivity index (χ4v) is 2.27. The van der Waals surface area contributed by atoms with Crippen LogP contribution in [0.25, 0.3) is 0 Å². The third-order valence-electron chi connectivity index (χ3n) is 3.40. The molecule has 1 rings (SSSR count). The molecule has 1 saturated carbocycles. The summed E-state index contributed by atoms with van der Waals surface area (Å²) in [5.74, 6) is -0.551. The maximum Gasteiger partial charge on any atom is 0.310 e. The second-order valence-corrected chi connectivity index (χ2v) is 4.05. The molecule has 1 fully saturated rings. The van der Waals surface area contributed by atoms with E-state index in [1.54, 1.807) is 6.08 Å². The lowest BCUT2D eigenvalue weighted by Gasteiger charge is -2.36. The van der Waals surface area contributed by atoms with Crippen LogP contribution in [0.1, 0.15) is 39.0 Å². The van der Waals surface area contributed by atoms with Crippen molar-refractivity contribution in [1.82, 2.24) is 0 Å². The molecule has 0 aromatic carbocycles. The minimum absolute atomic E-state index is 0.0882. The number of carboxylic acid groups (broad SMARTS) is 1. The zero-order chi connectivity index (χ0) is 9.90. The minimum Gasteiger partial charge on any atom is -0.481 e. The Morgan fingerprint density at radius 1 is 1.46 bits per heavy atom. The van der Waals surface area contributed by atoms with Crippen molar-refractivity contribution in [3.63, 3.8) is 0 Å². The zero-order valence-corrected chi connectivity index (χ0v) is 8.25. The van der Waals surface area contributed by atoms with Gasteiger partial charge in [0.05, 0.1) is 5.41 Å². The van der Waals surface area contributed by atoms with Crippen molar-refractivity contribution in [2.45, 2.75) is 39.0 Å². The van der Waals surface area contributed by atoms with Crippen molar-refractivity contribution in [3.05, 3.63) is 12.7 Å². The molecule has 0 heterocycles. The van der Waals surface area contributed by atoms with Gasteiger partial charge in [-0.05, 0) is 18.8 Å². The van der Waals surface area contributed by atoms with Gasteiger partial charge in [-0.3, -0.25) is 4.79 Å². The van der Waals surface area contributed by atoms with Crippen LogP contribution in [0.2, 0.25) is 0 Å². The summed E-state index contributed by atoms with van der Waals surface area (Å²) < 4.78 is 0. The number of hydrogen-bond donors (Lipinski definition) is 1. The van der Waals surface area contributed by atoms with Crippen LogP contribution >= 0.6 is 0 Å². The molecule has 13 heavy (non-hydrogen) atoms. The molecule has 0 radical (unpaired) electrons. The fourth-order valence-electron chi connectivity index (χ4n) is 2.27. The molecule has 1 unspecified atom stereocenters. The van der Waals surface area contributed by atoms with Crippen LogP contribution < -0.4 is 0 Å². The smallest absolute Gasteiger partial charge is 0.310 e. The molecule has 1 aliphatic rings. The molecular weight excluding hydrogens is 164 g/mol. The maximum absolute atomic E-state index is 11.2. The van der Waals surface area contributed by atoms with Crippen LogP contribution in [-0.2, 0) is 4.79 Å². The van der Waals surface area contributed by atoms with Gasteiger partial charge in [-0.15, -0.1) is 6.58 Å². The SMILES string of the molecule is C=CC(C)C1(C(=O)O)CCCCC1. The van der Waals surface area contributed by atoms with Crippen molar-refractivity contribution in [1.29, 1.82) is 0 Å². The van der Waals surface area contributed by atoms with E-state index in [1.807, 2.05) is 6.92 Å². The van der Waals surface area contributed by atoms with Gasteiger partial charge in [-0.25, -0.2) is 0 Å². The molecule has 0 spiro atoms. The van der Waals surface area contributed by atoms with E-state index >= 15 is 0 Å². The molecule has 0 saturated heterocycles. The monoisotopic (exact) mass is 182 g/mol. The molecule has 0 aromatic heterocycles. The summed E-state index contributed by atoms with van der Waals surface area (Å²) in [6.45, 7) is 5.66. The van der Waals surface area contributed by atoms with Gasteiger partial charge in [0.1, 0.15) is 0 Å². The van der Waals surface area contributed by atoms with Crippen LogP contribution in [-0.4, -0.2) is 11.1 Å². The lowest BCUT2D eigenvalue weighted by Crippen LogP contribution is -2.38. The third kappa shape index (κ3) is 1.77. The lowest BCUT2D eigenvalue weighted by molar-refractivity contribution is -0.153.